The van der Waals surface area contributed by atoms with E-state index in [-0.39, 0.29) is 0 Å². The van der Waals surface area contributed by atoms with Crippen LogP contribution >= 0.6 is 0 Å². The van der Waals surface area contributed by atoms with E-state index in [1.54, 1.807) is 0 Å². The molecule has 2 unspecified atom stereocenters. The average Bonchev–Trinajstić information content (AvgIpc) is 2.47. The number of nitrogens with zero attached hydrogens (tertiary/aromatic N) is 1. The second kappa shape index (κ2) is 8.38. The van der Waals surface area contributed by atoms with Crippen LogP contribution in [0.25, 0.3) is 0 Å². The van der Waals surface area contributed by atoms with E-state index in [9.17, 15) is 0 Å². The van der Waals surface area contributed by atoms with Crippen LogP contribution in [0.2, 0.25) is 0 Å². The Bertz CT molecular complexity index is 258. The summed E-state index contributed by atoms with van der Waals surface area (Å²) in [6.45, 7) is 9.58. The smallest absolute Gasteiger partial charge is 0.00983 e. The van der Waals surface area contributed by atoms with E-state index in [1.165, 1.54) is 70.9 Å². The second-order valence-electron chi connectivity index (χ2n) is 7.23. The molecule has 1 heterocycles. The predicted molar refractivity (Wildman–Crippen MR) is 88.1 cm³/mol. The fraction of sp³-hybridized carbons (Fsp3) is 1.00. The number of likely N-dealkylation sites (tertiary alicyclic amines) is 1. The van der Waals surface area contributed by atoms with Crippen molar-refractivity contribution in [2.45, 2.75) is 96.7 Å². The molecule has 2 fully saturated rings. The quantitative estimate of drug-likeness (QED) is 0.784. The van der Waals surface area contributed by atoms with E-state index in [2.05, 4.69) is 31.0 Å². The highest BCUT2D eigenvalue weighted by molar-refractivity contribution is 4.89. The number of nitrogens with one attached hydrogen (secondary N) is 1. The maximum Gasteiger partial charge on any atom is 0.00983 e. The minimum absolute atomic E-state index is 0.776. The fourth-order valence-electron chi connectivity index (χ4n) is 4.44. The van der Waals surface area contributed by atoms with Crippen molar-refractivity contribution in [2.75, 3.05) is 13.1 Å². The van der Waals surface area contributed by atoms with Gasteiger partial charge in [0.05, 0.1) is 0 Å². The highest BCUT2D eigenvalue weighted by atomic mass is 15.2. The first kappa shape index (κ1) is 16.3. The van der Waals surface area contributed by atoms with Crippen molar-refractivity contribution in [1.29, 1.82) is 0 Å². The lowest BCUT2D eigenvalue weighted by atomic mass is 9.81. The number of piperidine rings is 1. The lowest BCUT2D eigenvalue weighted by molar-refractivity contribution is 0.0577. The highest BCUT2D eigenvalue weighted by Gasteiger charge is 2.32. The summed E-state index contributed by atoms with van der Waals surface area (Å²) >= 11 is 0. The summed E-state index contributed by atoms with van der Waals surface area (Å²) in [5.74, 6) is 1.04. The van der Waals surface area contributed by atoms with Crippen LogP contribution in [0.15, 0.2) is 0 Å². The van der Waals surface area contributed by atoms with Gasteiger partial charge in [0.15, 0.2) is 0 Å². The third-order valence-electron chi connectivity index (χ3n) is 5.59. The van der Waals surface area contributed by atoms with E-state index in [0.717, 1.165) is 24.0 Å². The first-order chi connectivity index (χ1) is 9.74. The van der Waals surface area contributed by atoms with Crippen molar-refractivity contribution >= 4 is 0 Å². The fourth-order valence-corrected chi connectivity index (χ4v) is 4.44. The molecule has 118 valence electrons. The molecule has 0 aromatic carbocycles. The van der Waals surface area contributed by atoms with Gasteiger partial charge in [-0.2, -0.15) is 0 Å². The van der Waals surface area contributed by atoms with Crippen molar-refractivity contribution in [3.63, 3.8) is 0 Å². The molecule has 2 aliphatic rings. The maximum absolute atomic E-state index is 3.72. The molecule has 1 saturated carbocycles. The van der Waals surface area contributed by atoms with Gasteiger partial charge in [-0.25, -0.2) is 0 Å². The highest BCUT2D eigenvalue weighted by Crippen LogP contribution is 2.33. The Morgan fingerprint density at radius 1 is 1.00 bits per heavy atom. The van der Waals surface area contributed by atoms with Crippen molar-refractivity contribution in [3.05, 3.63) is 0 Å². The third kappa shape index (κ3) is 4.46. The summed E-state index contributed by atoms with van der Waals surface area (Å²) in [7, 11) is 0. The van der Waals surface area contributed by atoms with Crippen molar-refractivity contribution in [3.8, 4) is 0 Å². The van der Waals surface area contributed by atoms with E-state index in [4.69, 9.17) is 0 Å². The van der Waals surface area contributed by atoms with E-state index >= 15 is 0 Å². The molecule has 1 aliphatic carbocycles. The van der Waals surface area contributed by atoms with Gasteiger partial charge in [0.1, 0.15) is 0 Å². The van der Waals surface area contributed by atoms with Gasteiger partial charge in [0.25, 0.3) is 0 Å². The lowest BCUT2D eigenvalue weighted by Gasteiger charge is -2.45. The van der Waals surface area contributed by atoms with Crippen LogP contribution < -0.4 is 5.32 Å². The van der Waals surface area contributed by atoms with Gasteiger partial charge in [0, 0.05) is 24.7 Å². The summed E-state index contributed by atoms with van der Waals surface area (Å²) in [5, 5.41) is 3.72. The van der Waals surface area contributed by atoms with Crippen molar-refractivity contribution in [2.24, 2.45) is 5.92 Å². The molecule has 0 aromatic heterocycles. The summed E-state index contributed by atoms with van der Waals surface area (Å²) < 4.78 is 0. The topological polar surface area (TPSA) is 15.3 Å². The first-order valence-electron chi connectivity index (χ1n) is 9.23. The van der Waals surface area contributed by atoms with Gasteiger partial charge < -0.3 is 5.32 Å². The zero-order chi connectivity index (χ0) is 14.4. The van der Waals surface area contributed by atoms with Gasteiger partial charge in [-0.05, 0) is 64.3 Å². The van der Waals surface area contributed by atoms with Crippen LogP contribution in [0.1, 0.15) is 78.6 Å². The second-order valence-corrected chi connectivity index (χ2v) is 7.23. The molecule has 0 aromatic rings. The SMILES string of the molecule is CCCNC1CCN(C2CCC(CCC)CC2)C(C)C1. The molecule has 0 amide bonds. The first-order valence-corrected chi connectivity index (χ1v) is 9.23. The lowest BCUT2D eigenvalue weighted by Crippen LogP contribution is -2.52. The zero-order valence-electron chi connectivity index (χ0n) is 14.0. The Balaban J connectivity index is 1.74. The van der Waals surface area contributed by atoms with Gasteiger partial charge in [-0.1, -0.05) is 26.7 Å². The molecule has 20 heavy (non-hydrogen) atoms. The van der Waals surface area contributed by atoms with Crippen LogP contribution in [0, 0.1) is 5.92 Å². The van der Waals surface area contributed by atoms with Gasteiger partial charge >= 0.3 is 0 Å². The standard InChI is InChI=1S/C18H36N2/c1-4-6-16-7-9-18(10-8-16)20-13-11-17(14-15(20)3)19-12-5-2/h15-19H,4-14H2,1-3H3. The molecule has 0 bridgehead atoms. The molecule has 1 saturated heterocycles. The Hall–Kier alpha value is -0.0800. The summed E-state index contributed by atoms with van der Waals surface area (Å²) in [6.07, 6.45) is 12.7. The summed E-state index contributed by atoms with van der Waals surface area (Å²) in [5.41, 5.74) is 0. The molecule has 2 rings (SSSR count). The van der Waals surface area contributed by atoms with E-state index < -0.39 is 0 Å². The Kier molecular flexibility index (Phi) is 6.83. The molecule has 0 radical (unpaired) electrons. The molecule has 2 heteroatoms. The molecule has 2 atom stereocenters. The molecule has 1 N–H and O–H groups in total. The molecule has 0 spiro atoms. The average molecular weight is 280 g/mol. The predicted octanol–water partition coefficient (Wildman–Crippen LogP) is 4.20. The van der Waals surface area contributed by atoms with Crippen LogP contribution in [0.3, 0.4) is 0 Å². The van der Waals surface area contributed by atoms with Crippen LogP contribution in [0.4, 0.5) is 0 Å². The van der Waals surface area contributed by atoms with Crippen molar-refractivity contribution < 1.29 is 0 Å². The minimum atomic E-state index is 0.776. The minimum Gasteiger partial charge on any atom is -0.314 e. The van der Waals surface area contributed by atoms with Crippen LogP contribution in [-0.4, -0.2) is 36.1 Å². The third-order valence-corrected chi connectivity index (χ3v) is 5.59. The summed E-state index contributed by atoms with van der Waals surface area (Å²) in [6, 6.07) is 2.45. The molecular formula is C18H36N2. The number of hydrogen-bond acceptors (Lipinski definition) is 2. The van der Waals surface area contributed by atoms with Crippen LogP contribution in [-0.2, 0) is 0 Å². The largest absolute Gasteiger partial charge is 0.314 e. The maximum atomic E-state index is 3.72. The van der Waals surface area contributed by atoms with Gasteiger partial charge in [-0.15, -0.1) is 0 Å². The van der Waals surface area contributed by atoms with Gasteiger partial charge in [0.2, 0.25) is 0 Å². The molecule has 2 nitrogen and oxygen atoms in total. The Morgan fingerprint density at radius 3 is 2.35 bits per heavy atom. The zero-order valence-corrected chi connectivity index (χ0v) is 14.0. The number of hydrogen-bond donors (Lipinski definition) is 1. The summed E-state index contributed by atoms with van der Waals surface area (Å²) in [4.78, 5) is 2.84. The number of rotatable bonds is 6. The van der Waals surface area contributed by atoms with Crippen LogP contribution in [0.5, 0.6) is 0 Å². The van der Waals surface area contributed by atoms with Crippen molar-refractivity contribution in [1.82, 2.24) is 10.2 Å². The normalized spacial score (nSPS) is 36.1. The molecule has 1 aliphatic heterocycles. The monoisotopic (exact) mass is 280 g/mol. The van der Waals surface area contributed by atoms with E-state index in [1.807, 2.05) is 0 Å². The van der Waals surface area contributed by atoms with E-state index in [0.29, 0.717) is 0 Å². The Morgan fingerprint density at radius 2 is 1.75 bits per heavy atom. The van der Waals surface area contributed by atoms with Gasteiger partial charge in [-0.3, -0.25) is 4.90 Å². The Labute approximate surface area is 126 Å². The molecular weight excluding hydrogens is 244 g/mol.